The number of aliphatic carboxylic acids is 1. The van der Waals surface area contributed by atoms with Crippen LogP contribution in [-0.2, 0) is 9.59 Å². The largest absolute Gasteiger partial charge is 0.479 e. The second-order valence-corrected chi connectivity index (χ2v) is 4.29. The molecule has 0 fully saturated rings. The van der Waals surface area contributed by atoms with Crippen molar-refractivity contribution < 1.29 is 19.8 Å². The molecule has 0 aromatic carbocycles. The third-order valence-corrected chi connectivity index (χ3v) is 2.04. The summed E-state index contributed by atoms with van der Waals surface area (Å²) in [6.07, 6.45) is 1.11. The third kappa shape index (κ3) is 6.06. The standard InChI is InChI=1S/C10H19NO4/c1-7(2)4-5-8(12)11-6-10(3,15)9(13)14/h7,15H,4-6H2,1-3H3,(H,11,12)(H,13,14). The van der Waals surface area contributed by atoms with E-state index in [1.54, 1.807) is 0 Å². The maximum absolute atomic E-state index is 11.2. The van der Waals surface area contributed by atoms with Crippen LogP contribution in [0.1, 0.15) is 33.6 Å². The van der Waals surface area contributed by atoms with Crippen LogP contribution in [-0.4, -0.2) is 34.2 Å². The van der Waals surface area contributed by atoms with Gasteiger partial charge in [0.1, 0.15) is 0 Å². The highest BCUT2D eigenvalue weighted by Gasteiger charge is 2.30. The summed E-state index contributed by atoms with van der Waals surface area (Å²) in [6, 6.07) is 0. The summed E-state index contributed by atoms with van der Waals surface area (Å²) in [6.45, 7) is 4.89. The Morgan fingerprint density at radius 3 is 2.33 bits per heavy atom. The summed E-state index contributed by atoms with van der Waals surface area (Å²) >= 11 is 0. The molecule has 0 aliphatic carbocycles. The molecule has 15 heavy (non-hydrogen) atoms. The molecule has 0 aromatic heterocycles. The van der Waals surface area contributed by atoms with E-state index in [-0.39, 0.29) is 12.5 Å². The van der Waals surface area contributed by atoms with Gasteiger partial charge in [0.15, 0.2) is 5.60 Å². The molecule has 5 nitrogen and oxygen atoms in total. The van der Waals surface area contributed by atoms with Crippen molar-refractivity contribution in [3.8, 4) is 0 Å². The molecular formula is C10H19NO4. The Bertz CT molecular complexity index is 236. The van der Waals surface area contributed by atoms with Crippen molar-refractivity contribution in [2.45, 2.75) is 39.2 Å². The maximum atomic E-state index is 11.2. The second kappa shape index (κ2) is 5.70. The van der Waals surface area contributed by atoms with Crippen LogP contribution in [0.15, 0.2) is 0 Å². The maximum Gasteiger partial charge on any atom is 0.337 e. The van der Waals surface area contributed by atoms with Gasteiger partial charge >= 0.3 is 5.97 Å². The lowest BCUT2D eigenvalue weighted by Crippen LogP contribution is -2.46. The number of hydrogen-bond acceptors (Lipinski definition) is 3. The van der Waals surface area contributed by atoms with Gasteiger partial charge in [0.05, 0.1) is 6.54 Å². The summed E-state index contributed by atoms with van der Waals surface area (Å²) < 4.78 is 0. The van der Waals surface area contributed by atoms with Crippen molar-refractivity contribution in [3.63, 3.8) is 0 Å². The fourth-order valence-electron chi connectivity index (χ4n) is 0.854. The molecule has 0 bridgehead atoms. The van der Waals surface area contributed by atoms with Gasteiger partial charge in [0, 0.05) is 6.42 Å². The number of carbonyl (C=O) groups excluding carboxylic acids is 1. The summed E-state index contributed by atoms with van der Waals surface area (Å²) in [4.78, 5) is 21.7. The molecule has 5 heteroatoms. The zero-order valence-electron chi connectivity index (χ0n) is 9.41. The minimum absolute atomic E-state index is 0.231. The lowest BCUT2D eigenvalue weighted by molar-refractivity contribution is -0.156. The van der Waals surface area contributed by atoms with E-state index >= 15 is 0 Å². The Morgan fingerprint density at radius 1 is 1.40 bits per heavy atom. The monoisotopic (exact) mass is 217 g/mol. The second-order valence-electron chi connectivity index (χ2n) is 4.29. The first-order valence-corrected chi connectivity index (χ1v) is 4.98. The summed E-state index contributed by atoms with van der Waals surface area (Å²) in [5.41, 5.74) is -1.90. The zero-order valence-corrected chi connectivity index (χ0v) is 9.41. The quantitative estimate of drug-likeness (QED) is 0.600. The number of carbonyl (C=O) groups is 2. The average Bonchev–Trinajstić information content (AvgIpc) is 2.11. The van der Waals surface area contributed by atoms with Crippen molar-refractivity contribution >= 4 is 11.9 Å². The molecule has 0 spiro atoms. The topological polar surface area (TPSA) is 86.6 Å². The van der Waals surface area contributed by atoms with E-state index in [2.05, 4.69) is 5.32 Å². The zero-order chi connectivity index (χ0) is 12.1. The van der Waals surface area contributed by atoms with Gasteiger partial charge in [-0.25, -0.2) is 4.79 Å². The van der Waals surface area contributed by atoms with E-state index in [9.17, 15) is 14.7 Å². The van der Waals surface area contributed by atoms with Crippen LogP contribution >= 0.6 is 0 Å². The number of hydrogen-bond donors (Lipinski definition) is 3. The molecule has 0 aliphatic rings. The van der Waals surface area contributed by atoms with Crippen LogP contribution < -0.4 is 5.32 Å². The average molecular weight is 217 g/mol. The molecular weight excluding hydrogens is 198 g/mol. The molecule has 0 aromatic rings. The number of carboxylic acid groups (broad SMARTS) is 1. The van der Waals surface area contributed by atoms with E-state index in [1.807, 2.05) is 13.8 Å². The van der Waals surface area contributed by atoms with Crippen molar-refractivity contribution in [2.24, 2.45) is 5.92 Å². The van der Waals surface area contributed by atoms with Gasteiger partial charge in [-0.1, -0.05) is 13.8 Å². The Balaban J connectivity index is 3.85. The first-order chi connectivity index (χ1) is 6.75. The minimum atomic E-state index is -1.90. The molecule has 0 heterocycles. The van der Waals surface area contributed by atoms with Crippen LogP contribution in [0.3, 0.4) is 0 Å². The SMILES string of the molecule is CC(C)CCC(=O)NCC(C)(O)C(=O)O. The Kier molecular flexibility index (Phi) is 5.28. The summed E-state index contributed by atoms with van der Waals surface area (Å²) in [5.74, 6) is -1.15. The third-order valence-electron chi connectivity index (χ3n) is 2.04. The van der Waals surface area contributed by atoms with E-state index in [1.165, 1.54) is 0 Å². The lowest BCUT2D eigenvalue weighted by atomic mass is 10.1. The Morgan fingerprint density at radius 2 is 1.93 bits per heavy atom. The molecule has 0 saturated heterocycles. The van der Waals surface area contributed by atoms with Crippen LogP contribution in [0.2, 0.25) is 0 Å². The number of carboxylic acids is 1. The van der Waals surface area contributed by atoms with Gasteiger partial charge in [0.2, 0.25) is 5.91 Å². The van der Waals surface area contributed by atoms with Crippen LogP contribution in [0, 0.1) is 5.92 Å². The highest BCUT2D eigenvalue weighted by Crippen LogP contribution is 2.04. The molecule has 0 aliphatic heterocycles. The van der Waals surface area contributed by atoms with Crippen molar-refractivity contribution in [3.05, 3.63) is 0 Å². The number of nitrogens with one attached hydrogen (secondary N) is 1. The first-order valence-electron chi connectivity index (χ1n) is 4.98. The minimum Gasteiger partial charge on any atom is -0.479 e. The van der Waals surface area contributed by atoms with Crippen molar-refractivity contribution in [1.29, 1.82) is 0 Å². The highest BCUT2D eigenvalue weighted by atomic mass is 16.4. The predicted molar refractivity (Wildman–Crippen MR) is 55.3 cm³/mol. The van der Waals surface area contributed by atoms with Gasteiger partial charge in [-0.3, -0.25) is 4.79 Å². The summed E-state index contributed by atoms with van der Waals surface area (Å²) in [5, 5.41) is 20.3. The molecule has 88 valence electrons. The van der Waals surface area contributed by atoms with Crippen LogP contribution in [0.5, 0.6) is 0 Å². The smallest absolute Gasteiger partial charge is 0.337 e. The van der Waals surface area contributed by atoms with Crippen LogP contribution in [0.25, 0.3) is 0 Å². The molecule has 1 unspecified atom stereocenters. The first kappa shape index (κ1) is 13.9. The fourth-order valence-corrected chi connectivity index (χ4v) is 0.854. The van der Waals surface area contributed by atoms with Crippen molar-refractivity contribution in [2.75, 3.05) is 6.54 Å². The van der Waals surface area contributed by atoms with Gasteiger partial charge in [-0.2, -0.15) is 0 Å². The highest BCUT2D eigenvalue weighted by molar-refractivity contribution is 5.80. The Labute approximate surface area is 89.5 Å². The van der Waals surface area contributed by atoms with E-state index in [4.69, 9.17) is 5.11 Å². The van der Waals surface area contributed by atoms with E-state index in [0.717, 1.165) is 13.3 Å². The Hall–Kier alpha value is -1.10. The molecule has 1 atom stereocenters. The summed E-state index contributed by atoms with van der Waals surface area (Å²) in [7, 11) is 0. The van der Waals surface area contributed by atoms with E-state index in [0.29, 0.717) is 12.3 Å². The number of rotatable bonds is 6. The normalized spacial score (nSPS) is 14.7. The molecule has 0 saturated carbocycles. The molecule has 0 radical (unpaired) electrons. The molecule has 0 rings (SSSR count). The van der Waals surface area contributed by atoms with Gasteiger partial charge in [0.25, 0.3) is 0 Å². The van der Waals surface area contributed by atoms with Gasteiger partial charge in [-0.05, 0) is 19.3 Å². The van der Waals surface area contributed by atoms with E-state index < -0.39 is 11.6 Å². The number of amides is 1. The van der Waals surface area contributed by atoms with Gasteiger partial charge in [-0.15, -0.1) is 0 Å². The fraction of sp³-hybridized carbons (Fsp3) is 0.800. The van der Waals surface area contributed by atoms with Crippen LogP contribution in [0.4, 0.5) is 0 Å². The molecule has 3 N–H and O–H groups in total. The lowest BCUT2D eigenvalue weighted by Gasteiger charge is -2.18. The predicted octanol–water partition coefficient (Wildman–Crippen LogP) is 0.374. The molecule has 1 amide bonds. The number of aliphatic hydroxyl groups is 1. The van der Waals surface area contributed by atoms with Crippen molar-refractivity contribution in [1.82, 2.24) is 5.32 Å². The van der Waals surface area contributed by atoms with Gasteiger partial charge < -0.3 is 15.5 Å².